The van der Waals surface area contributed by atoms with Crippen molar-refractivity contribution < 1.29 is 14.7 Å². The highest BCUT2D eigenvalue weighted by atomic mass is 79.9. The van der Waals surface area contributed by atoms with E-state index in [0.29, 0.717) is 74.6 Å². The number of nitrogen functional groups attached to an aromatic ring is 1. The number of fused-ring (bicyclic) bond motifs is 3. The van der Waals surface area contributed by atoms with Crippen LogP contribution in [0.5, 0.6) is 0 Å². The molecule has 0 saturated carbocycles. The number of likely N-dealkylation sites (tertiary alicyclic amines) is 1. The number of β-amino-alcohol motifs (C(OH)–C–C–N with tert-alkyl or cyclic N) is 1. The second kappa shape index (κ2) is 28.3. The molecule has 2 aliphatic heterocycles. The van der Waals surface area contributed by atoms with Gasteiger partial charge in [0.1, 0.15) is 5.69 Å². The molecule has 2 fully saturated rings. The van der Waals surface area contributed by atoms with E-state index in [1.165, 1.54) is 28.6 Å². The Hall–Kier alpha value is -4.45. The molecule has 2 saturated heterocycles. The summed E-state index contributed by atoms with van der Waals surface area (Å²) in [4.78, 5) is 38.8. The van der Waals surface area contributed by atoms with Gasteiger partial charge in [-0.3, -0.25) is 19.5 Å². The minimum atomic E-state index is -0.486. The largest absolute Gasteiger partial charge is 0.393 e. The fourth-order valence-electron chi connectivity index (χ4n) is 8.13. The topological polar surface area (TPSA) is 200 Å². The highest BCUT2D eigenvalue weighted by Crippen LogP contribution is 2.34. The average Bonchev–Trinajstić information content (AvgIpc) is 3.63. The molecule has 1 unspecified atom stereocenters. The number of aliphatic hydroxyl groups is 1. The smallest absolute Gasteiger partial charge is 0.223 e. The number of anilines is 3. The maximum Gasteiger partial charge on any atom is 0.223 e. The summed E-state index contributed by atoms with van der Waals surface area (Å²) in [6.07, 6.45) is 4.26. The van der Waals surface area contributed by atoms with Crippen LogP contribution in [0.3, 0.4) is 0 Å². The molecule has 2 amide bonds. The first kappa shape index (κ1) is 54.5. The summed E-state index contributed by atoms with van der Waals surface area (Å²) < 4.78 is 4.33. The van der Waals surface area contributed by atoms with E-state index >= 15 is 0 Å². The predicted molar refractivity (Wildman–Crippen MR) is 287 cm³/mol. The van der Waals surface area contributed by atoms with E-state index < -0.39 is 6.10 Å². The van der Waals surface area contributed by atoms with Crippen LogP contribution in [0.25, 0.3) is 21.8 Å². The number of hydrogen-bond donors (Lipinski definition) is 6. The van der Waals surface area contributed by atoms with Crippen molar-refractivity contribution in [3.8, 4) is 11.8 Å². The maximum atomic E-state index is 12.8. The van der Waals surface area contributed by atoms with Gasteiger partial charge in [0.25, 0.3) is 0 Å². The van der Waals surface area contributed by atoms with E-state index in [4.69, 9.17) is 17.3 Å². The van der Waals surface area contributed by atoms with Crippen LogP contribution in [0.4, 0.5) is 17.3 Å². The second-order valence-electron chi connectivity index (χ2n) is 16.8. The minimum Gasteiger partial charge on any atom is -0.393 e. The number of amides is 2. The number of nitrogens with two attached hydrogens (primary N) is 3. The van der Waals surface area contributed by atoms with E-state index in [-0.39, 0.29) is 5.91 Å². The Morgan fingerprint density at radius 3 is 2.21 bits per heavy atom. The molecule has 0 radical (unpaired) electrons. The highest BCUT2D eigenvalue weighted by Gasteiger charge is 2.25. The van der Waals surface area contributed by atoms with Crippen molar-refractivity contribution in [3.63, 3.8) is 0 Å². The molecule has 0 aliphatic carbocycles. The van der Waals surface area contributed by atoms with Crippen LogP contribution < -0.4 is 33.0 Å². The number of carbonyl (C=O) groups excluding carboxylic acids is 2. The van der Waals surface area contributed by atoms with Crippen molar-refractivity contribution in [3.05, 3.63) is 80.7 Å². The summed E-state index contributed by atoms with van der Waals surface area (Å²) in [5.41, 5.74) is 16.3. The van der Waals surface area contributed by atoms with Crippen LogP contribution in [0, 0.1) is 17.8 Å². The first-order valence-corrected chi connectivity index (χ1v) is 26.3. The predicted octanol–water partition coefficient (Wildman–Crippen LogP) is 6.88. The molecule has 2 aliphatic rings. The molecule has 15 nitrogen and oxygen atoms in total. The van der Waals surface area contributed by atoms with Crippen molar-refractivity contribution in [1.29, 1.82) is 0 Å². The summed E-state index contributed by atoms with van der Waals surface area (Å²) >= 11 is 8.76. The van der Waals surface area contributed by atoms with Crippen LogP contribution >= 0.6 is 43.6 Å². The van der Waals surface area contributed by atoms with Gasteiger partial charge in [-0.25, -0.2) is 15.8 Å². The van der Waals surface area contributed by atoms with E-state index in [2.05, 4.69) is 129 Å². The Morgan fingerprint density at radius 1 is 0.956 bits per heavy atom. The molecular weight excluding hydrogens is 1010 g/mol. The van der Waals surface area contributed by atoms with Crippen molar-refractivity contribution >= 4 is 95.1 Å². The Kier molecular flexibility index (Phi) is 22.7. The van der Waals surface area contributed by atoms with Gasteiger partial charge in [-0.15, -0.1) is 0 Å². The zero-order valence-electron chi connectivity index (χ0n) is 40.0. The van der Waals surface area contributed by atoms with Gasteiger partial charge < -0.3 is 41.6 Å². The fraction of sp³-hybridized carbons (Fsp3) is 0.480. The maximum absolute atomic E-state index is 12.8. The number of nitrogens with one attached hydrogen (secondary N) is 2. The molecule has 4 heterocycles. The first-order chi connectivity index (χ1) is 33.0. The lowest BCUT2D eigenvalue weighted by atomic mass is 9.99. The third-order valence-corrected chi connectivity index (χ3v) is 13.8. The molecular formula is C50H70Br2N12O3S. The summed E-state index contributed by atoms with van der Waals surface area (Å²) in [5.74, 6) is 15.1. The molecule has 5 aromatic rings. The lowest BCUT2D eigenvalue weighted by Crippen LogP contribution is -2.51. The number of rotatable bonds is 18. The number of piperazine rings is 1. The van der Waals surface area contributed by atoms with Gasteiger partial charge in [-0.1, -0.05) is 95.3 Å². The number of halogens is 2. The molecule has 9 N–H and O–H groups in total. The monoisotopic (exact) mass is 1080 g/mol. The summed E-state index contributed by atoms with van der Waals surface area (Å²) in [6, 6.07) is 20.3. The summed E-state index contributed by atoms with van der Waals surface area (Å²) in [7, 11) is 0. The van der Waals surface area contributed by atoms with Crippen LogP contribution in [0.1, 0.15) is 64.5 Å². The van der Waals surface area contributed by atoms with Crippen LogP contribution in [-0.2, 0) is 22.7 Å². The second-order valence-corrected chi connectivity index (χ2v) is 19.7. The van der Waals surface area contributed by atoms with E-state index in [1.807, 2.05) is 43.0 Å². The van der Waals surface area contributed by atoms with E-state index in [9.17, 15) is 14.7 Å². The summed E-state index contributed by atoms with van der Waals surface area (Å²) in [6.45, 7) is 17.6. The van der Waals surface area contributed by atoms with Crippen molar-refractivity contribution in [2.45, 2.75) is 77.7 Å². The number of hydrazine groups is 1. The third kappa shape index (κ3) is 16.1. The quantitative estimate of drug-likeness (QED) is 0.0101. The van der Waals surface area contributed by atoms with E-state index in [1.54, 1.807) is 11.8 Å². The molecule has 0 bridgehead atoms. The number of benzene rings is 3. The van der Waals surface area contributed by atoms with Gasteiger partial charge in [0, 0.05) is 101 Å². The lowest BCUT2D eigenvalue weighted by Gasteiger charge is -2.36. The van der Waals surface area contributed by atoms with Crippen LogP contribution in [0.2, 0.25) is 0 Å². The van der Waals surface area contributed by atoms with Crippen LogP contribution in [-0.4, -0.2) is 131 Å². The Balaban J connectivity index is 0.000000250. The molecule has 3 aromatic carbocycles. The van der Waals surface area contributed by atoms with Gasteiger partial charge in [0.05, 0.1) is 25.7 Å². The molecule has 1 atom stereocenters. The standard InChI is InChI=1S/C28H36Br2N4O2.C20H28N8OS.C2H6/c1-20-6-9-31(10-7-20)11-8-28(36)33-14-12-32(13-15-33)18-23(35)19-34-26-4-2-21(29)16-24(26)25-17-22(30)3-5-27(25)34;1-2-12-30-20-26-18(25-11-9-21)17(22)19(27-20)28(23)13-16-7-5-15(6-8-16)4-3-10-24-14-29;1-2/h2-5,16-17,20,23,35H,6-15,18-19H2,1H3;5-8,14H,2,9-13,21-23H2,1H3,(H,24,29)(H,25,26,27);1-2H3. The van der Waals surface area contributed by atoms with Gasteiger partial charge in [-0.2, -0.15) is 0 Å². The Labute approximate surface area is 423 Å². The number of aliphatic hydroxyl groups excluding tert-OH is 1. The molecule has 68 heavy (non-hydrogen) atoms. The Morgan fingerprint density at radius 2 is 1.60 bits per heavy atom. The Bertz CT molecular complexity index is 2370. The van der Waals surface area contributed by atoms with Crippen molar-refractivity contribution in [2.75, 3.05) is 93.8 Å². The lowest BCUT2D eigenvalue weighted by molar-refractivity contribution is -0.133. The van der Waals surface area contributed by atoms with Crippen molar-refractivity contribution in [1.82, 2.24) is 34.6 Å². The first-order valence-electron chi connectivity index (χ1n) is 23.7. The van der Waals surface area contributed by atoms with Crippen molar-refractivity contribution in [2.24, 2.45) is 17.5 Å². The van der Waals surface area contributed by atoms with E-state index in [0.717, 1.165) is 95.0 Å². The zero-order valence-corrected chi connectivity index (χ0v) is 44.0. The number of hydrogen-bond acceptors (Lipinski definition) is 13. The van der Waals surface area contributed by atoms with Gasteiger partial charge >= 0.3 is 0 Å². The summed E-state index contributed by atoms with van der Waals surface area (Å²) in [5, 5.41) is 21.2. The molecule has 2 aromatic heterocycles. The molecule has 18 heteroatoms. The third-order valence-electron chi connectivity index (χ3n) is 11.8. The minimum absolute atomic E-state index is 0.274. The number of aromatic nitrogens is 3. The van der Waals surface area contributed by atoms with Crippen LogP contribution in [0.15, 0.2) is 74.8 Å². The number of thioether (sulfide) groups is 1. The van der Waals surface area contributed by atoms with Gasteiger partial charge in [0.15, 0.2) is 16.8 Å². The number of piperidine rings is 1. The highest BCUT2D eigenvalue weighted by molar-refractivity contribution is 9.10. The van der Waals surface area contributed by atoms with Gasteiger partial charge in [0.2, 0.25) is 12.3 Å². The number of carbonyl (C=O) groups is 2. The normalized spacial score (nSPS) is 14.8. The number of nitrogens with zero attached hydrogens (tertiary/aromatic N) is 7. The van der Waals surface area contributed by atoms with Gasteiger partial charge in [-0.05, 0) is 92.4 Å². The SMILES string of the molecule is CC.CC1CCN(CCC(=O)N2CCN(CC(O)Cn3c4ccc(Br)cc4c4cc(Br)ccc43)CC2)CC1.CCCSc1nc(NCCN)c(N)c(N(N)Cc2ccc(C#CCNC=O)cc2)n1. The zero-order chi connectivity index (χ0) is 49.0. The average molecular weight is 1080 g/mol. The fourth-order valence-corrected chi connectivity index (χ4v) is 9.55. The molecule has 368 valence electrons. The molecule has 7 rings (SSSR count). The molecule has 0 spiro atoms.